The van der Waals surface area contributed by atoms with E-state index in [1.807, 2.05) is 24.3 Å². The Morgan fingerprint density at radius 2 is 1.84 bits per heavy atom. The highest BCUT2D eigenvalue weighted by Crippen LogP contribution is 2.27. The van der Waals surface area contributed by atoms with Crippen LogP contribution in [-0.2, 0) is 0 Å². The minimum Gasteiger partial charge on any atom is -0.382 e. The Labute approximate surface area is 149 Å². The molecule has 4 rings (SSSR count). The lowest BCUT2D eigenvalue weighted by atomic mass is 10.2. The number of aromatic nitrogens is 5. The van der Waals surface area contributed by atoms with E-state index in [4.69, 9.17) is 10.3 Å². The average Bonchev–Trinajstić information content (AvgIpc) is 3.23. The van der Waals surface area contributed by atoms with Gasteiger partial charge in [0.2, 0.25) is 5.82 Å². The SMILES string of the molecule is Nc1c(-c2nc(-c3ccc(Br)cc3)no2)nnn1-c1ccccc1F. The molecule has 7 nitrogen and oxygen atoms in total. The molecule has 0 spiro atoms. The molecule has 0 aliphatic rings. The van der Waals surface area contributed by atoms with E-state index in [9.17, 15) is 4.39 Å². The zero-order chi connectivity index (χ0) is 17.4. The molecule has 2 heterocycles. The molecule has 9 heteroatoms. The van der Waals surface area contributed by atoms with Crippen LogP contribution in [0.1, 0.15) is 0 Å². The summed E-state index contributed by atoms with van der Waals surface area (Å²) in [5.41, 5.74) is 7.20. The summed E-state index contributed by atoms with van der Waals surface area (Å²) in [5, 5.41) is 11.8. The second-order valence-electron chi connectivity index (χ2n) is 5.12. The Bertz CT molecular complexity index is 1040. The van der Waals surface area contributed by atoms with E-state index in [-0.39, 0.29) is 23.1 Å². The number of nitrogen functional groups attached to an aromatic ring is 1. The van der Waals surface area contributed by atoms with Gasteiger partial charge in [-0.2, -0.15) is 9.67 Å². The van der Waals surface area contributed by atoms with Crippen molar-refractivity contribution in [3.05, 3.63) is 58.8 Å². The fourth-order valence-corrected chi connectivity index (χ4v) is 2.54. The summed E-state index contributed by atoms with van der Waals surface area (Å²) in [6.45, 7) is 0. The van der Waals surface area contributed by atoms with Crippen molar-refractivity contribution in [2.45, 2.75) is 0 Å². The number of anilines is 1. The van der Waals surface area contributed by atoms with Gasteiger partial charge in [-0.15, -0.1) is 5.10 Å². The first kappa shape index (κ1) is 15.5. The lowest BCUT2D eigenvalue weighted by molar-refractivity contribution is 0.431. The summed E-state index contributed by atoms with van der Waals surface area (Å²) >= 11 is 3.37. The fourth-order valence-electron chi connectivity index (χ4n) is 2.28. The molecule has 0 bridgehead atoms. The van der Waals surface area contributed by atoms with Crippen molar-refractivity contribution in [1.82, 2.24) is 25.1 Å². The summed E-state index contributed by atoms with van der Waals surface area (Å²) in [7, 11) is 0. The van der Waals surface area contributed by atoms with Crippen LogP contribution < -0.4 is 5.73 Å². The molecule has 0 amide bonds. The van der Waals surface area contributed by atoms with Crippen molar-refractivity contribution in [3.63, 3.8) is 0 Å². The van der Waals surface area contributed by atoms with Crippen LogP contribution in [0.4, 0.5) is 10.2 Å². The zero-order valence-electron chi connectivity index (χ0n) is 12.6. The third kappa shape index (κ3) is 2.78. The van der Waals surface area contributed by atoms with E-state index in [1.165, 1.54) is 10.7 Å². The quantitative estimate of drug-likeness (QED) is 0.565. The van der Waals surface area contributed by atoms with Crippen molar-refractivity contribution in [1.29, 1.82) is 0 Å². The minimum atomic E-state index is -0.466. The first-order chi connectivity index (χ1) is 12.1. The van der Waals surface area contributed by atoms with E-state index in [0.717, 1.165) is 10.0 Å². The highest BCUT2D eigenvalue weighted by molar-refractivity contribution is 9.10. The number of para-hydroxylation sites is 1. The van der Waals surface area contributed by atoms with Gasteiger partial charge < -0.3 is 10.3 Å². The minimum absolute atomic E-state index is 0.108. The van der Waals surface area contributed by atoms with Crippen LogP contribution in [0, 0.1) is 5.82 Å². The maximum Gasteiger partial charge on any atom is 0.282 e. The summed E-state index contributed by atoms with van der Waals surface area (Å²) in [4.78, 5) is 4.29. The molecule has 25 heavy (non-hydrogen) atoms. The van der Waals surface area contributed by atoms with Crippen molar-refractivity contribution >= 4 is 21.7 Å². The van der Waals surface area contributed by atoms with Crippen molar-refractivity contribution in [3.8, 4) is 28.7 Å². The molecule has 0 saturated heterocycles. The summed E-state index contributed by atoms with van der Waals surface area (Å²) in [6.07, 6.45) is 0. The number of hydrogen-bond donors (Lipinski definition) is 1. The number of nitrogens with zero attached hydrogens (tertiary/aromatic N) is 5. The lowest BCUT2D eigenvalue weighted by Crippen LogP contribution is -2.04. The maximum absolute atomic E-state index is 13.9. The van der Waals surface area contributed by atoms with Gasteiger partial charge in [0.25, 0.3) is 5.89 Å². The van der Waals surface area contributed by atoms with Gasteiger partial charge in [0.05, 0.1) is 0 Å². The van der Waals surface area contributed by atoms with Crippen molar-refractivity contribution < 1.29 is 8.91 Å². The monoisotopic (exact) mass is 400 g/mol. The van der Waals surface area contributed by atoms with E-state index < -0.39 is 5.82 Å². The third-order valence-electron chi connectivity index (χ3n) is 3.52. The number of rotatable bonds is 3. The van der Waals surface area contributed by atoms with Gasteiger partial charge in [-0.25, -0.2) is 4.39 Å². The van der Waals surface area contributed by atoms with Gasteiger partial charge in [-0.1, -0.05) is 38.4 Å². The van der Waals surface area contributed by atoms with Crippen molar-refractivity contribution in [2.75, 3.05) is 5.73 Å². The largest absolute Gasteiger partial charge is 0.382 e. The Hall–Kier alpha value is -3.07. The van der Waals surface area contributed by atoms with E-state index in [1.54, 1.807) is 18.2 Å². The van der Waals surface area contributed by atoms with Gasteiger partial charge in [0.15, 0.2) is 11.5 Å². The van der Waals surface area contributed by atoms with Crippen LogP contribution in [0.3, 0.4) is 0 Å². The summed E-state index contributed by atoms with van der Waals surface area (Å²) in [6, 6.07) is 13.5. The molecule has 2 aromatic carbocycles. The van der Waals surface area contributed by atoms with Gasteiger partial charge in [-0.05, 0) is 36.4 Å². The highest BCUT2D eigenvalue weighted by atomic mass is 79.9. The molecule has 0 radical (unpaired) electrons. The van der Waals surface area contributed by atoms with E-state index in [2.05, 4.69) is 36.4 Å². The zero-order valence-corrected chi connectivity index (χ0v) is 14.2. The number of hydrogen-bond acceptors (Lipinski definition) is 6. The third-order valence-corrected chi connectivity index (χ3v) is 4.05. The molecule has 2 N–H and O–H groups in total. The van der Waals surface area contributed by atoms with Gasteiger partial charge in [0, 0.05) is 10.0 Å². The van der Waals surface area contributed by atoms with Crippen LogP contribution in [0.2, 0.25) is 0 Å². The van der Waals surface area contributed by atoms with Crippen LogP contribution in [0.5, 0.6) is 0 Å². The van der Waals surface area contributed by atoms with Gasteiger partial charge in [0.1, 0.15) is 11.5 Å². The smallest absolute Gasteiger partial charge is 0.282 e. The van der Waals surface area contributed by atoms with Crippen LogP contribution in [0.25, 0.3) is 28.7 Å². The molecular formula is C16H10BrFN6O. The molecule has 4 aromatic rings. The van der Waals surface area contributed by atoms with Crippen LogP contribution in [-0.4, -0.2) is 25.1 Å². The molecular weight excluding hydrogens is 391 g/mol. The molecule has 0 fully saturated rings. The first-order valence-corrected chi connectivity index (χ1v) is 7.99. The Balaban J connectivity index is 1.72. The number of benzene rings is 2. The van der Waals surface area contributed by atoms with Crippen molar-refractivity contribution in [2.24, 2.45) is 0 Å². The normalized spacial score (nSPS) is 11.0. The summed E-state index contributed by atoms with van der Waals surface area (Å²) < 4.78 is 21.3. The topological polar surface area (TPSA) is 95.7 Å². The predicted octanol–water partition coefficient (Wildman–Crippen LogP) is 3.47. The van der Waals surface area contributed by atoms with E-state index in [0.29, 0.717) is 5.82 Å². The van der Waals surface area contributed by atoms with Crippen LogP contribution in [0.15, 0.2) is 57.5 Å². The first-order valence-electron chi connectivity index (χ1n) is 7.19. The average molecular weight is 401 g/mol. The molecule has 0 atom stereocenters. The number of nitrogens with two attached hydrogens (primary N) is 1. The fraction of sp³-hybridized carbons (Fsp3) is 0. The Kier molecular flexibility index (Phi) is 3.77. The second kappa shape index (κ2) is 6.10. The highest BCUT2D eigenvalue weighted by Gasteiger charge is 2.20. The molecule has 0 saturated carbocycles. The van der Waals surface area contributed by atoms with Gasteiger partial charge in [-0.3, -0.25) is 0 Å². The number of halogens is 2. The Morgan fingerprint density at radius 1 is 1.08 bits per heavy atom. The Morgan fingerprint density at radius 3 is 2.60 bits per heavy atom. The van der Waals surface area contributed by atoms with Crippen LogP contribution >= 0.6 is 15.9 Å². The standard InChI is InChI=1S/C16H10BrFN6O/c17-10-7-5-9(6-8-10)15-20-16(25-22-15)13-14(19)24(23-21-13)12-4-2-1-3-11(12)18/h1-8H,19H2. The molecule has 0 aliphatic heterocycles. The second-order valence-corrected chi connectivity index (χ2v) is 6.03. The molecule has 124 valence electrons. The van der Waals surface area contributed by atoms with E-state index >= 15 is 0 Å². The predicted molar refractivity (Wildman–Crippen MR) is 92.2 cm³/mol. The lowest BCUT2D eigenvalue weighted by Gasteiger charge is -2.03. The summed E-state index contributed by atoms with van der Waals surface area (Å²) in [5.74, 6) is 0.142. The molecule has 2 aromatic heterocycles. The molecule has 0 unspecified atom stereocenters. The maximum atomic E-state index is 13.9. The molecule has 0 aliphatic carbocycles. The van der Waals surface area contributed by atoms with Gasteiger partial charge >= 0.3 is 0 Å².